The first-order valence-corrected chi connectivity index (χ1v) is 5.78. The van der Waals surface area contributed by atoms with Gasteiger partial charge < -0.3 is 9.47 Å². The molecule has 4 heteroatoms. The van der Waals surface area contributed by atoms with E-state index in [0.717, 1.165) is 37.8 Å². The lowest BCUT2D eigenvalue weighted by molar-refractivity contribution is -0.145. The van der Waals surface area contributed by atoms with Gasteiger partial charge in [0.2, 0.25) is 0 Å². The molecule has 0 unspecified atom stereocenters. The van der Waals surface area contributed by atoms with E-state index in [-0.39, 0.29) is 6.10 Å². The molecular weight excluding hydrogens is 208 g/mol. The Morgan fingerprint density at radius 2 is 1.75 bits per heavy atom. The summed E-state index contributed by atoms with van der Waals surface area (Å²) in [7, 11) is 0. The van der Waals surface area contributed by atoms with E-state index in [2.05, 4.69) is 4.74 Å². The molecule has 16 heavy (non-hydrogen) atoms. The average Bonchev–Trinajstić information content (AvgIpc) is 2.28. The van der Waals surface area contributed by atoms with Crippen molar-refractivity contribution < 1.29 is 19.1 Å². The van der Waals surface area contributed by atoms with Gasteiger partial charge in [-0.1, -0.05) is 6.42 Å². The van der Waals surface area contributed by atoms with E-state index in [1.54, 1.807) is 6.92 Å². The largest absolute Gasteiger partial charge is 0.463 e. The Bertz CT molecular complexity index is 264. The molecule has 1 saturated carbocycles. The van der Waals surface area contributed by atoms with Gasteiger partial charge in [0.25, 0.3) is 0 Å². The highest BCUT2D eigenvalue weighted by atomic mass is 16.5. The molecule has 0 atom stereocenters. The van der Waals surface area contributed by atoms with Gasteiger partial charge in [0.05, 0.1) is 6.61 Å². The van der Waals surface area contributed by atoms with Gasteiger partial charge in [0, 0.05) is 12.2 Å². The molecule has 1 aliphatic carbocycles. The third-order valence-corrected chi connectivity index (χ3v) is 2.48. The van der Waals surface area contributed by atoms with Crippen molar-refractivity contribution in [3.8, 4) is 0 Å². The van der Waals surface area contributed by atoms with E-state index in [0.29, 0.717) is 6.61 Å². The standard InChI is InChI=1S/C12H18O4/c1-2-15-11(13)8-9-12(14)16-10-6-4-3-5-7-10/h8-10H,2-7H2,1H3/b9-8-. The summed E-state index contributed by atoms with van der Waals surface area (Å²) in [6.45, 7) is 2.02. The molecule has 0 aromatic rings. The third-order valence-electron chi connectivity index (χ3n) is 2.48. The van der Waals surface area contributed by atoms with Gasteiger partial charge in [-0.2, -0.15) is 0 Å². The summed E-state index contributed by atoms with van der Waals surface area (Å²) >= 11 is 0. The van der Waals surface area contributed by atoms with E-state index < -0.39 is 11.9 Å². The molecule has 0 saturated heterocycles. The highest BCUT2D eigenvalue weighted by Crippen LogP contribution is 2.20. The molecule has 1 rings (SSSR count). The van der Waals surface area contributed by atoms with E-state index >= 15 is 0 Å². The van der Waals surface area contributed by atoms with Crippen LogP contribution in [0.3, 0.4) is 0 Å². The molecule has 0 bridgehead atoms. The normalized spacial score (nSPS) is 17.3. The van der Waals surface area contributed by atoms with Crippen molar-refractivity contribution in [2.75, 3.05) is 6.61 Å². The predicted octanol–water partition coefficient (Wildman–Crippen LogP) is 1.98. The lowest BCUT2D eigenvalue weighted by atomic mass is 9.98. The van der Waals surface area contributed by atoms with Crippen LogP contribution in [0, 0.1) is 0 Å². The number of esters is 2. The van der Waals surface area contributed by atoms with Crippen LogP contribution in [-0.2, 0) is 19.1 Å². The van der Waals surface area contributed by atoms with E-state index in [1.807, 2.05) is 0 Å². The van der Waals surface area contributed by atoms with Crippen LogP contribution in [0.1, 0.15) is 39.0 Å². The van der Waals surface area contributed by atoms with Crippen molar-refractivity contribution in [3.63, 3.8) is 0 Å². The number of hydrogen-bond donors (Lipinski definition) is 0. The zero-order valence-electron chi connectivity index (χ0n) is 9.61. The van der Waals surface area contributed by atoms with Crippen LogP contribution in [0.25, 0.3) is 0 Å². The smallest absolute Gasteiger partial charge is 0.331 e. The maximum atomic E-state index is 11.3. The summed E-state index contributed by atoms with van der Waals surface area (Å²) in [4.78, 5) is 22.2. The molecule has 0 spiro atoms. The van der Waals surface area contributed by atoms with E-state index in [4.69, 9.17) is 4.74 Å². The molecular formula is C12H18O4. The maximum Gasteiger partial charge on any atom is 0.331 e. The van der Waals surface area contributed by atoms with Crippen LogP contribution >= 0.6 is 0 Å². The Morgan fingerprint density at radius 3 is 2.38 bits per heavy atom. The van der Waals surface area contributed by atoms with Crippen LogP contribution in [0.15, 0.2) is 12.2 Å². The average molecular weight is 226 g/mol. The SMILES string of the molecule is CCOC(=O)/C=C\C(=O)OC1CCCCC1. The van der Waals surface area contributed by atoms with Crippen molar-refractivity contribution in [3.05, 3.63) is 12.2 Å². The second-order valence-corrected chi connectivity index (χ2v) is 3.78. The minimum atomic E-state index is -0.511. The Kier molecular flexibility index (Phi) is 5.61. The van der Waals surface area contributed by atoms with Crippen LogP contribution < -0.4 is 0 Å². The predicted molar refractivity (Wildman–Crippen MR) is 58.7 cm³/mol. The minimum Gasteiger partial charge on any atom is -0.463 e. The fourth-order valence-electron chi connectivity index (χ4n) is 1.71. The first-order valence-electron chi connectivity index (χ1n) is 5.78. The fourth-order valence-corrected chi connectivity index (χ4v) is 1.71. The Balaban J connectivity index is 2.26. The van der Waals surface area contributed by atoms with Crippen molar-refractivity contribution in [1.82, 2.24) is 0 Å². The molecule has 0 amide bonds. The molecule has 90 valence electrons. The second kappa shape index (κ2) is 7.04. The van der Waals surface area contributed by atoms with Crippen LogP contribution in [0.2, 0.25) is 0 Å². The van der Waals surface area contributed by atoms with Gasteiger partial charge in [-0.3, -0.25) is 0 Å². The second-order valence-electron chi connectivity index (χ2n) is 3.78. The van der Waals surface area contributed by atoms with Gasteiger partial charge in [0.1, 0.15) is 6.10 Å². The molecule has 0 heterocycles. The van der Waals surface area contributed by atoms with Crippen molar-refractivity contribution in [2.45, 2.75) is 45.1 Å². The number of carbonyl (C=O) groups excluding carboxylic acids is 2. The van der Waals surface area contributed by atoms with Crippen LogP contribution in [0.5, 0.6) is 0 Å². The molecule has 1 fully saturated rings. The lowest BCUT2D eigenvalue weighted by Crippen LogP contribution is -2.19. The zero-order chi connectivity index (χ0) is 11.8. The van der Waals surface area contributed by atoms with Gasteiger partial charge in [0.15, 0.2) is 0 Å². The zero-order valence-corrected chi connectivity index (χ0v) is 9.61. The first-order chi connectivity index (χ1) is 7.72. The van der Waals surface area contributed by atoms with Gasteiger partial charge in [-0.15, -0.1) is 0 Å². The summed E-state index contributed by atoms with van der Waals surface area (Å²) in [5.74, 6) is -0.969. The number of hydrogen-bond acceptors (Lipinski definition) is 4. The quantitative estimate of drug-likeness (QED) is 0.543. The summed E-state index contributed by atoms with van der Waals surface area (Å²) < 4.78 is 9.84. The van der Waals surface area contributed by atoms with Gasteiger partial charge in [-0.25, -0.2) is 9.59 Å². The van der Waals surface area contributed by atoms with E-state index in [9.17, 15) is 9.59 Å². The first kappa shape index (κ1) is 12.7. The topological polar surface area (TPSA) is 52.6 Å². The summed E-state index contributed by atoms with van der Waals surface area (Å²) in [5.41, 5.74) is 0. The summed E-state index contributed by atoms with van der Waals surface area (Å²) in [6.07, 6.45) is 7.55. The molecule has 1 aliphatic rings. The number of ether oxygens (including phenoxy) is 2. The highest BCUT2D eigenvalue weighted by Gasteiger charge is 2.16. The Labute approximate surface area is 95.6 Å². The monoisotopic (exact) mass is 226 g/mol. The molecule has 0 aliphatic heterocycles. The summed E-state index contributed by atoms with van der Waals surface area (Å²) in [5, 5.41) is 0. The third kappa shape index (κ3) is 4.96. The summed E-state index contributed by atoms with van der Waals surface area (Å²) in [6, 6.07) is 0. The van der Waals surface area contributed by atoms with Crippen LogP contribution in [0.4, 0.5) is 0 Å². The van der Waals surface area contributed by atoms with Crippen molar-refractivity contribution in [2.24, 2.45) is 0 Å². The van der Waals surface area contributed by atoms with Gasteiger partial charge in [-0.05, 0) is 32.6 Å². The van der Waals surface area contributed by atoms with Crippen molar-refractivity contribution in [1.29, 1.82) is 0 Å². The van der Waals surface area contributed by atoms with Gasteiger partial charge >= 0.3 is 11.9 Å². The number of carbonyl (C=O) groups is 2. The minimum absolute atomic E-state index is 0.0214. The van der Waals surface area contributed by atoms with E-state index in [1.165, 1.54) is 6.42 Å². The highest BCUT2D eigenvalue weighted by molar-refractivity contribution is 5.91. The van der Waals surface area contributed by atoms with Crippen molar-refractivity contribution >= 4 is 11.9 Å². The fraction of sp³-hybridized carbons (Fsp3) is 0.667. The lowest BCUT2D eigenvalue weighted by Gasteiger charge is -2.20. The molecule has 0 N–H and O–H groups in total. The Morgan fingerprint density at radius 1 is 1.12 bits per heavy atom. The molecule has 0 aromatic carbocycles. The number of rotatable bonds is 4. The molecule has 0 radical (unpaired) electrons. The molecule has 0 aromatic heterocycles. The molecule has 4 nitrogen and oxygen atoms in total. The maximum absolute atomic E-state index is 11.3. The Hall–Kier alpha value is -1.32. The van der Waals surface area contributed by atoms with Crippen LogP contribution in [-0.4, -0.2) is 24.6 Å².